The molecule has 0 rings (SSSR count). The van der Waals surface area contributed by atoms with Gasteiger partial charge in [-0.2, -0.15) is 0 Å². The quantitative estimate of drug-likeness (QED) is 0.525. The first-order valence-electron chi connectivity index (χ1n) is 5.91. The Morgan fingerprint density at radius 2 is 0.950 bits per heavy atom. The van der Waals surface area contributed by atoms with Crippen LogP contribution in [0.5, 0.6) is 0 Å². The van der Waals surface area contributed by atoms with E-state index in [1.54, 1.807) is 13.8 Å². The van der Waals surface area contributed by atoms with Gasteiger partial charge in [0.1, 0.15) is 0 Å². The van der Waals surface area contributed by atoms with Crippen LogP contribution < -0.4 is 0 Å². The van der Waals surface area contributed by atoms with Crippen LogP contribution in [-0.2, 0) is 38.1 Å². The maximum atomic E-state index is 10.4. The van der Waals surface area contributed by atoms with Gasteiger partial charge in [0.25, 0.3) is 0 Å². The van der Waals surface area contributed by atoms with Gasteiger partial charge in [0.2, 0.25) is 13.6 Å². The van der Waals surface area contributed by atoms with Gasteiger partial charge in [-0.25, -0.2) is 0 Å². The number of carbonyl (C=O) groups is 4. The molecule has 0 spiro atoms. The van der Waals surface area contributed by atoms with Gasteiger partial charge in [0.15, 0.2) is 0 Å². The van der Waals surface area contributed by atoms with Crippen molar-refractivity contribution in [3.8, 4) is 0 Å². The molecule has 20 heavy (non-hydrogen) atoms. The molecule has 0 saturated heterocycles. The molecule has 0 aliphatic heterocycles. The highest BCUT2D eigenvalue weighted by atomic mass is 16.7. The maximum absolute atomic E-state index is 10.4. The lowest BCUT2D eigenvalue weighted by molar-refractivity contribution is -0.167. The monoisotopic (exact) mass is 292 g/mol. The molecule has 116 valence electrons. The van der Waals surface area contributed by atoms with E-state index in [1.807, 2.05) is 0 Å². The van der Waals surface area contributed by atoms with Crippen LogP contribution in [0.25, 0.3) is 0 Å². The van der Waals surface area contributed by atoms with Crippen LogP contribution in [0, 0.1) is 0 Å². The minimum absolute atomic E-state index is 0.276. The zero-order valence-corrected chi connectivity index (χ0v) is 12.1. The summed E-state index contributed by atoms with van der Waals surface area (Å²) >= 11 is 0. The molecule has 0 fully saturated rings. The minimum atomic E-state index is -0.455. The van der Waals surface area contributed by atoms with Crippen LogP contribution in [0.1, 0.15) is 40.5 Å². The van der Waals surface area contributed by atoms with Crippen molar-refractivity contribution in [1.82, 2.24) is 0 Å². The summed E-state index contributed by atoms with van der Waals surface area (Å²) < 4.78 is 17.5. The largest absolute Gasteiger partial charge is 0.428 e. The second kappa shape index (κ2) is 13.3. The Bertz CT molecular complexity index is 291. The lowest BCUT2D eigenvalue weighted by Gasteiger charge is -2.01. The van der Waals surface area contributed by atoms with Crippen molar-refractivity contribution in [2.45, 2.75) is 40.5 Å². The van der Waals surface area contributed by atoms with Gasteiger partial charge in [0, 0.05) is 26.7 Å². The predicted octanol–water partition coefficient (Wildman–Crippen LogP) is 0.920. The standard InChI is InChI=1S/2C6H10O4/c2*1-3-6(8)10-4-9-5(2)7/h2*3-4H2,1-2H3. The van der Waals surface area contributed by atoms with Crippen molar-refractivity contribution < 1.29 is 38.1 Å². The van der Waals surface area contributed by atoms with E-state index in [0.717, 1.165) is 0 Å². The van der Waals surface area contributed by atoms with E-state index in [-0.39, 0.29) is 25.5 Å². The highest BCUT2D eigenvalue weighted by molar-refractivity contribution is 5.70. The van der Waals surface area contributed by atoms with E-state index in [1.165, 1.54) is 13.8 Å². The molecule has 0 aliphatic rings. The topological polar surface area (TPSA) is 105 Å². The van der Waals surface area contributed by atoms with Gasteiger partial charge >= 0.3 is 23.9 Å². The van der Waals surface area contributed by atoms with Crippen molar-refractivity contribution >= 4 is 23.9 Å². The fourth-order valence-electron chi connectivity index (χ4n) is 0.560. The molecule has 0 atom stereocenters. The second-order valence-electron chi connectivity index (χ2n) is 3.25. The van der Waals surface area contributed by atoms with Crippen LogP contribution >= 0.6 is 0 Å². The van der Waals surface area contributed by atoms with E-state index in [4.69, 9.17) is 0 Å². The van der Waals surface area contributed by atoms with Crippen LogP contribution in [0.3, 0.4) is 0 Å². The van der Waals surface area contributed by atoms with Crippen molar-refractivity contribution in [1.29, 1.82) is 0 Å². The van der Waals surface area contributed by atoms with Crippen molar-refractivity contribution in [2.75, 3.05) is 13.6 Å². The van der Waals surface area contributed by atoms with Gasteiger partial charge in [-0.05, 0) is 0 Å². The Kier molecular flexibility index (Phi) is 13.4. The fraction of sp³-hybridized carbons (Fsp3) is 0.667. The molecule has 0 heterocycles. The molecule has 0 amide bonds. The molecule has 0 aliphatic carbocycles. The Morgan fingerprint density at radius 1 is 0.650 bits per heavy atom. The number of hydrogen-bond acceptors (Lipinski definition) is 8. The third-order valence-corrected chi connectivity index (χ3v) is 1.54. The number of ether oxygens (including phenoxy) is 4. The second-order valence-corrected chi connectivity index (χ2v) is 3.25. The Morgan fingerprint density at radius 3 is 1.15 bits per heavy atom. The molecule has 0 unspecified atom stereocenters. The number of esters is 4. The van der Waals surface area contributed by atoms with Gasteiger partial charge in [0.05, 0.1) is 0 Å². The SMILES string of the molecule is CCC(=O)OCOC(C)=O.CCC(=O)OCOC(C)=O. The van der Waals surface area contributed by atoms with Gasteiger partial charge in [-0.3, -0.25) is 19.2 Å². The van der Waals surface area contributed by atoms with Crippen LogP contribution in [0.15, 0.2) is 0 Å². The number of rotatable bonds is 6. The van der Waals surface area contributed by atoms with Gasteiger partial charge in [-0.15, -0.1) is 0 Å². The third-order valence-electron chi connectivity index (χ3n) is 1.54. The summed E-state index contributed by atoms with van der Waals surface area (Å²) in [7, 11) is 0. The van der Waals surface area contributed by atoms with Crippen molar-refractivity contribution in [3.05, 3.63) is 0 Å². The van der Waals surface area contributed by atoms with E-state index in [2.05, 4.69) is 18.9 Å². The van der Waals surface area contributed by atoms with E-state index < -0.39 is 11.9 Å². The lowest BCUT2D eigenvalue weighted by Crippen LogP contribution is -2.09. The summed E-state index contributed by atoms with van der Waals surface area (Å²) in [6.07, 6.45) is 0.586. The maximum Gasteiger partial charge on any atom is 0.308 e. The van der Waals surface area contributed by atoms with Crippen LogP contribution in [0.4, 0.5) is 0 Å². The average molecular weight is 292 g/mol. The zero-order chi connectivity index (χ0) is 16.0. The molecule has 8 heteroatoms. The highest BCUT2D eigenvalue weighted by Crippen LogP contribution is 1.85. The first kappa shape index (κ1) is 20.2. The average Bonchev–Trinajstić information content (AvgIpc) is 2.38. The first-order chi connectivity index (χ1) is 9.33. The summed E-state index contributed by atoms with van der Waals surface area (Å²) in [5.74, 6) is -1.66. The van der Waals surface area contributed by atoms with Crippen LogP contribution in [-0.4, -0.2) is 37.5 Å². The summed E-state index contributed by atoms with van der Waals surface area (Å²) in [6.45, 7) is 5.27. The Balaban J connectivity index is 0. The Labute approximate surface area is 117 Å². The Hall–Kier alpha value is -2.12. The third kappa shape index (κ3) is 18.3. The van der Waals surface area contributed by atoms with Crippen molar-refractivity contribution in [3.63, 3.8) is 0 Å². The lowest BCUT2D eigenvalue weighted by atomic mass is 10.5. The normalized spacial score (nSPS) is 8.60. The van der Waals surface area contributed by atoms with E-state index in [9.17, 15) is 19.2 Å². The molecule has 0 aromatic heterocycles. The molecular weight excluding hydrogens is 272 g/mol. The molecule has 0 aromatic carbocycles. The highest BCUT2D eigenvalue weighted by Gasteiger charge is 1.98. The first-order valence-corrected chi connectivity index (χ1v) is 5.91. The smallest absolute Gasteiger partial charge is 0.308 e. The minimum Gasteiger partial charge on any atom is -0.428 e. The molecule has 8 nitrogen and oxygen atoms in total. The summed E-state index contributed by atoms with van der Waals surface area (Å²) in [6, 6.07) is 0. The molecule has 0 radical (unpaired) electrons. The molecular formula is C12H20O8. The zero-order valence-electron chi connectivity index (χ0n) is 12.1. The summed E-state index contributed by atoms with van der Waals surface area (Å²) in [5, 5.41) is 0. The summed E-state index contributed by atoms with van der Waals surface area (Å²) in [4.78, 5) is 41.0. The van der Waals surface area contributed by atoms with E-state index in [0.29, 0.717) is 12.8 Å². The predicted molar refractivity (Wildman–Crippen MR) is 66.0 cm³/mol. The molecule has 0 saturated carbocycles. The molecule has 0 aromatic rings. The number of hydrogen-bond donors (Lipinski definition) is 0. The van der Waals surface area contributed by atoms with Crippen LogP contribution in [0.2, 0.25) is 0 Å². The summed E-state index contributed by atoms with van der Waals surface area (Å²) in [5.41, 5.74) is 0. The van der Waals surface area contributed by atoms with Gasteiger partial charge < -0.3 is 18.9 Å². The molecule has 0 N–H and O–H groups in total. The number of carbonyl (C=O) groups excluding carboxylic acids is 4. The van der Waals surface area contributed by atoms with Gasteiger partial charge in [-0.1, -0.05) is 13.8 Å². The fourth-order valence-corrected chi connectivity index (χ4v) is 0.560. The van der Waals surface area contributed by atoms with Crippen molar-refractivity contribution in [2.24, 2.45) is 0 Å². The molecule has 0 bridgehead atoms. The van der Waals surface area contributed by atoms with E-state index >= 15 is 0 Å².